The molecule has 0 aliphatic carbocycles. The van der Waals surface area contributed by atoms with Gasteiger partial charge >= 0.3 is 0 Å². The molecule has 3 aromatic carbocycles. The molecule has 0 atom stereocenters. The van der Waals surface area contributed by atoms with Crippen LogP contribution in [0.25, 0.3) is 11.3 Å². The van der Waals surface area contributed by atoms with E-state index in [9.17, 15) is 14.9 Å². The van der Waals surface area contributed by atoms with E-state index in [2.05, 4.69) is 27.8 Å². The van der Waals surface area contributed by atoms with E-state index >= 15 is 0 Å². The number of amides is 1. The van der Waals surface area contributed by atoms with E-state index in [-0.39, 0.29) is 11.6 Å². The van der Waals surface area contributed by atoms with Crippen LogP contribution in [0.15, 0.2) is 84.9 Å². The van der Waals surface area contributed by atoms with Crippen LogP contribution in [-0.2, 0) is 6.42 Å². The molecule has 0 spiro atoms. The first kappa shape index (κ1) is 21.2. The zero-order chi connectivity index (χ0) is 22.3. The Labute approximate surface area is 188 Å². The van der Waals surface area contributed by atoms with Crippen molar-refractivity contribution >= 4 is 33.8 Å². The third-order valence-corrected chi connectivity index (χ3v) is 5.76. The molecule has 0 unspecified atom stereocenters. The number of nitro benzene ring substituents is 1. The second-order valence-corrected chi connectivity index (χ2v) is 7.98. The highest BCUT2D eigenvalue weighted by molar-refractivity contribution is 7.18. The van der Waals surface area contributed by atoms with Crippen LogP contribution < -0.4 is 10.6 Å². The Morgan fingerprint density at radius 2 is 1.59 bits per heavy atom. The second kappa shape index (κ2) is 9.84. The Morgan fingerprint density at radius 1 is 0.938 bits per heavy atom. The summed E-state index contributed by atoms with van der Waals surface area (Å²) in [6, 6.07) is 25.3. The lowest BCUT2D eigenvalue weighted by Gasteiger charge is -2.05. The lowest BCUT2D eigenvalue weighted by atomic mass is 10.1. The standard InChI is InChI=1S/C24H20N4O3S/c29-23(26-19-9-5-2-6-10-19)22-21(18-11-13-20(14-12-18)28(30)31)27-24(32-22)25-16-15-17-7-3-1-4-8-17/h1-14H,15-16H2,(H,25,27)(H,26,29). The highest BCUT2D eigenvalue weighted by Crippen LogP contribution is 2.32. The SMILES string of the molecule is O=C(Nc1ccccc1)c1sc(NCCc2ccccc2)nc1-c1ccc([N+](=O)[O-])cc1. The lowest BCUT2D eigenvalue weighted by Crippen LogP contribution is -2.11. The number of thiazole rings is 1. The fraction of sp³-hybridized carbons (Fsp3) is 0.0833. The van der Waals surface area contributed by atoms with Crippen molar-refractivity contribution in [2.24, 2.45) is 0 Å². The fourth-order valence-electron chi connectivity index (χ4n) is 3.15. The van der Waals surface area contributed by atoms with Crippen molar-refractivity contribution in [2.75, 3.05) is 17.2 Å². The van der Waals surface area contributed by atoms with E-state index in [0.717, 1.165) is 6.42 Å². The molecule has 0 fully saturated rings. The third-order valence-electron chi connectivity index (χ3n) is 4.75. The molecule has 0 aliphatic heterocycles. The number of nitro groups is 1. The Hall–Kier alpha value is -4.04. The molecule has 1 amide bonds. The molecule has 0 radical (unpaired) electrons. The van der Waals surface area contributed by atoms with Gasteiger partial charge in [0.05, 0.1) is 10.6 Å². The minimum atomic E-state index is -0.454. The Balaban J connectivity index is 1.58. The Kier molecular flexibility index (Phi) is 6.52. The quantitative estimate of drug-likeness (QED) is 0.271. The number of aromatic nitrogens is 1. The normalized spacial score (nSPS) is 10.5. The van der Waals surface area contributed by atoms with E-state index in [1.165, 1.54) is 29.0 Å². The predicted molar refractivity (Wildman–Crippen MR) is 127 cm³/mol. The fourth-order valence-corrected chi connectivity index (χ4v) is 4.06. The van der Waals surface area contributed by atoms with E-state index < -0.39 is 4.92 Å². The minimum absolute atomic E-state index is 0.0134. The summed E-state index contributed by atoms with van der Waals surface area (Å²) < 4.78 is 0. The number of benzene rings is 3. The molecule has 2 N–H and O–H groups in total. The zero-order valence-corrected chi connectivity index (χ0v) is 17.8. The van der Waals surface area contributed by atoms with Crippen molar-refractivity contribution < 1.29 is 9.72 Å². The van der Waals surface area contributed by atoms with Crippen molar-refractivity contribution in [1.29, 1.82) is 0 Å². The Morgan fingerprint density at radius 3 is 2.25 bits per heavy atom. The van der Waals surface area contributed by atoms with Crippen LogP contribution in [0.1, 0.15) is 15.2 Å². The number of hydrogen-bond acceptors (Lipinski definition) is 6. The molecule has 160 valence electrons. The van der Waals surface area contributed by atoms with Gasteiger partial charge in [-0.2, -0.15) is 0 Å². The number of para-hydroxylation sites is 1. The average molecular weight is 445 g/mol. The molecular formula is C24H20N4O3S. The van der Waals surface area contributed by atoms with Crippen LogP contribution in [-0.4, -0.2) is 22.4 Å². The van der Waals surface area contributed by atoms with Crippen LogP contribution in [0.3, 0.4) is 0 Å². The van der Waals surface area contributed by atoms with Gasteiger partial charge in [-0.15, -0.1) is 0 Å². The van der Waals surface area contributed by atoms with E-state index in [1.54, 1.807) is 12.1 Å². The maximum absolute atomic E-state index is 13.0. The summed E-state index contributed by atoms with van der Waals surface area (Å²) in [6.07, 6.45) is 0.818. The largest absolute Gasteiger partial charge is 0.361 e. The maximum Gasteiger partial charge on any atom is 0.269 e. The molecule has 1 aromatic heterocycles. The molecule has 32 heavy (non-hydrogen) atoms. The molecule has 0 bridgehead atoms. The zero-order valence-electron chi connectivity index (χ0n) is 17.0. The van der Waals surface area contributed by atoms with Gasteiger partial charge in [-0.05, 0) is 36.2 Å². The summed E-state index contributed by atoms with van der Waals surface area (Å²) >= 11 is 1.26. The molecule has 8 heteroatoms. The van der Waals surface area contributed by atoms with Gasteiger partial charge in [0.2, 0.25) is 0 Å². The van der Waals surface area contributed by atoms with E-state index in [4.69, 9.17) is 0 Å². The molecule has 0 aliphatic rings. The lowest BCUT2D eigenvalue weighted by molar-refractivity contribution is -0.384. The number of nitrogens with zero attached hydrogens (tertiary/aromatic N) is 2. The van der Waals surface area contributed by atoms with Crippen molar-refractivity contribution in [3.8, 4) is 11.3 Å². The first-order chi connectivity index (χ1) is 15.6. The number of anilines is 2. The van der Waals surface area contributed by atoms with Crippen molar-refractivity contribution in [2.45, 2.75) is 6.42 Å². The van der Waals surface area contributed by atoms with E-state index in [0.29, 0.717) is 33.5 Å². The van der Waals surface area contributed by atoms with Gasteiger partial charge in [0.25, 0.3) is 11.6 Å². The van der Waals surface area contributed by atoms with Gasteiger partial charge in [-0.25, -0.2) is 4.98 Å². The minimum Gasteiger partial charge on any atom is -0.361 e. The van der Waals surface area contributed by atoms with Crippen LogP contribution in [0.5, 0.6) is 0 Å². The number of rotatable bonds is 8. The van der Waals surface area contributed by atoms with Gasteiger partial charge in [0, 0.05) is 29.9 Å². The van der Waals surface area contributed by atoms with Crippen molar-refractivity contribution in [3.05, 3.63) is 105 Å². The van der Waals surface area contributed by atoms with E-state index in [1.807, 2.05) is 48.5 Å². The van der Waals surface area contributed by atoms with Crippen LogP contribution in [0.2, 0.25) is 0 Å². The van der Waals surface area contributed by atoms with Gasteiger partial charge in [-0.1, -0.05) is 59.9 Å². The van der Waals surface area contributed by atoms with Crippen LogP contribution >= 0.6 is 11.3 Å². The number of hydrogen-bond donors (Lipinski definition) is 2. The second-order valence-electron chi connectivity index (χ2n) is 6.98. The molecule has 7 nitrogen and oxygen atoms in total. The number of carbonyl (C=O) groups excluding carboxylic acids is 1. The third kappa shape index (κ3) is 5.16. The number of carbonyl (C=O) groups is 1. The molecule has 4 aromatic rings. The monoisotopic (exact) mass is 444 g/mol. The maximum atomic E-state index is 13.0. The van der Waals surface area contributed by atoms with Gasteiger partial charge in [-0.3, -0.25) is 14.9 Å². The summed E-state index contributed by atoms with van der Waals surface area (Å²) in [4.78, 5) is 28.6. The molecular weight excluding hydrogens is 424 g/mol. The summed E-state index contributed by atoms with van der Waals surface area (Å²) in [6.45, 7) is 0.664. The molecule has 0 saturated carbocycles. The molecule has 0 saturated heterocycles. The topological polar surface area (TPSA) is 97.2 Å². The van der Waals surface area contributed by atoms with Gasteiger partial charge < -0.3 is 10.6 Å². The predicted octanol–water partition coefficient (Wildman–Crippen LogP) is 5.63. The summed E-state index contributed by atoms with van der Waals surface area (Å²) in [5, 5.41) is 17.8. The molecule has 4 rings (SSSR count). The first-order valence-corrected chi connectivity index (χ1v) is 10.8. The number of non-ortho nitro benzene ring substituents is 1. The highest BCUT2D eigenvalue weighted by atomic mass is 32.1. The van der Waals surface area contributed by atoms with Crippen molar-refractivity contribution in [1.82, 2.24) is 4.98 Å². The smallest absolute Gasteiger partial charge is 0.269 e. The highest BCUT2D eigenvalue weighted by Gasteiger charge is 2.20. The summed E-state index contributed by atoms with van der Waals surface area (Å²) in [5.74, 6) is -0.279. The van der Waals surface area contributed by atoms with Crippen molar-refractivity contribution in [3.63, 3.8) is 0 Å². The summed E-state index contributed by atoms with van der Waals surface area (Å²) in [5.41, 5.74) is 3.00. The Bertz CT molecular complexity index is 1210. The molecule has 1 heterocycles. The van der Waals surface area contributed by atoms with Crippen LogP contribution in [0, 0.1) is 10.1 Å². The average Bonchev–Trinajstić information content (AvgIpc) is 3.25. The number of nitrogens with one attached hydrogen (secondary N) is 2. The first-order valence-electron chi connectivity index (χ1n) is 10.00. The van der Waals surface area contributed by atoms with Gasteiger partial charge in [0.1, 0.15) is 4.88 Å². The van der Waals surface area contributed by atoms with Gasteiger partial charge in [0.15, 0.2) is 5.13 Å². The summed E-state index contributed by atoms with van der Waals surface area (Å²) in [7, 11) is 0. The van der Waals surface area contributed by atoms with Crippen LogP contribution in [0.4, 0.5) is 16.5 Å².